The zero-order valence-corrected chi connectivity index (χ0v) is 39.3. The van der Waals surface area contributed by atoms with Crippen LogP contribution < -0.4 is 24.9 Å². The Labute approximate surface area is 424 Å². The number of para-hydroxylation sites is 2. The van der Waals surface area contributed by atoms with Gasteiger partial charge >= 0.3 is 59.7 Å². The number of carboxylic acids is 10. The summed E-state index contributed by atoms with van der Waals surface area (Å²) in [5, 5.41) is 90.5. The number of aliphatic carboxylic acids is 7. The van der Waals surface area contributed by atoms with Crippen molar-refractivity contribution in [2.75, 3.05) is 70.7 Å². The fourth-order valence-electron chi connectivity index (χ4n) is 6.25. The predicted octanol–water partition coefficient (Wildman–Crippen LogP) is 3.95. The molecule has 0 spiro atoms. The zero-order chi connectivity index (χ0) is 56.4. The standard InChI is InChI=1S/C15H13NO4.C12H14N2O5.2C11H11NO6/c17-14(18)10-16(11-6-2-1-3-7-11)13-9-5-4-8-12(13)15(19)20;1-8(15)13-9-2-4-10(5-3-9)14(6-11(16)17)7-12(18)19;13-9(14)5-12(6-10(15)16)8-3-1-7(2-4-8)11(17)18;13-9(14)5-12(6-10(15)16)8-3-1-2-7(4-8)11(17)18/h1-9H,10H2,(H,17,18)(H,19,20);2-5H,6-7H2,1H3,(H,13,15)(H,16,17)(H,18,19);2*1-4H,5-6H2,(H,13,14)(H,15,16)(H,17,18). The van der Waals surface area contributed by atoms with Crippen molar-refractivity contribution in [1.82, 2.24) is 0 Å². The number of benzene rings is 5. The van der Waals surface area contributed by atoms with Gasteiger partial charge in [-0.2, -0.15) is 0 Å². The van der Waals surface area contributed by atoms with E-state index < -0.39 is 99.0 Å². The van der Waals surface area contributed by atoms with E-state index in [9.17, 15) is 57.8 Å². The van der Waals surface area contributed by atoms with Crippen LogP contribution in [0, 0.1) is 0 Å². The lowest BCUT2D eigenvalue weighted by atomic mass is 10.1. The maximum Gasteiger partial charge on any atom is 0.337 e. The van der Waals surface area contributed by atoms with Gasteiger partial charge < -0.3 is 76.0 Å². The van der Waals surface area contributed by atoms with Gasteiger partial charge in [0.2, 0.25) is 5.91 Å². The first-order chi connectivity index (χ1) is 35.3. The van der Waals surface area contributed by atoms with Crippen molar-refractivity contribution in [2.24, 2.45) is 0 Å². The maximum atomic E-state index is 11.3. The van der Waals surface area contributed by atoms with Gasteiger partial charge in [-0.05, 0) is 91.0 Å². The first kappa shape index (κ1) is 60.6. The number of hydrogen-bond donors (Lipinski definition) is 11. The van der Waals surface area contributed by atoms with Crippen LogP contribution in [0.4, 0.5) is 34.1 Å². The number of amides is 1. The summed E-state index contributed by atoms with van der Waals surface area (Å²) in [6.07, 6.45) is 0. The van der Waals surface area contributed by atoms with E-state index in [0.29, 0.717) is 28.4 Å². The van der Waals surface area contributed by atoms with Crippen LogP contribution in [-0.4, -0.2) is 162 Å². The van der Waals surface area contributed by atoms with Crippen molar-refractivity contribution in [2.45, 2.75) is 6.92 Å². The van der Waals surface area contributed by atoms with Crippen LogP contribution in [0.2, 0.25) is 0 Å². The molecule has 75 heavy (non-hydrogen) atoms. The maximum absolute atomic E-state index is 11.3. The largest absolute Gasteiger partial charge is 0.480 e. The molecule has 26 heteroatoms. The summed E-state index contributed by atoms with van der Waals surface area (Å²) >= 11 is 0. The molecule has 5 rings (SSSR count). The molecule has 0 fully saturated rings. The summed E-state index contributed by atoms with van der Waals surface area (Å²) < 4.78 is 0. The average molecular weight is 1040 g/mol. The average Bonchev–Trinajstić information content (AvgIpc) is 3.33. The van der Waals surface area contributed by atoms with Gasteiger partial charge in [-0.3, -0.25) is 38.4 Å². The number of nitrogens with zero attached hydrogens (tertiary/aromatic N) is 4. The number of anilines is 6. The Bertz CT molecular complexity index is 2780. The Morgan fingerprint density at radius 3 is 1.12 bits per heavy atom. The third kappa shape index (κ3) is 22.8. The van der Waals surface area contributed by atoms with Crippen molar-refractivity contribution >= 4 is 99.7 Å². The molecular formula is C49H49N5O21. The Morgan fingerprint density at radius 2 is 0.733 bits per heavy atom. The normalized spacial score (nSPS) is 9.83. The fraction of sp³-hybridized carbons (Fsp3) is 0.163. The summed E-state index contributed by atoms with van der Waals surface area (Å²) in [6, 6.07) is 32.2. The molecule has 0 aliphatic carbocycles. The topological polar surface area (TPSA) is 415 Å². The van der Waals surface area contributed by atoms with E-state index in [4.69, 9.17) is 46.0 Å². The highest BCUT2D eigenvalue weighted by Crippen LogP contribution is 2.28. The minimum Gasteiger partial charge on any atom is -0.480 e. The highest BCUT2D eigenvalue weighted by atomic mass is 16.4. The molecule has 1 amide bonds. The monoisotopic (exact) mass is 1040 g/mol. The number of rotatable bonds is 23. The first-order valence-electron chi connectivity index (χ1n) is 21.2. The SMILES string of the molecule is CC(=O)Nc1ccc(N(CC(=O)O)CC(=O)O)cc1.O=C(O)CN(CC(=O)O)c1ccc(C(=O)O)cc1.O=C(O)CN(CC(=O)O)c1cccc(C(=O)O)c1.O=C(O)CN(c1ccccc1)c1ccccc1C(=O)O. The van der Waals surface area contributed by atoms with Crippen LogP contribution in [0.5, 0.6) is 0 Å². The molecule has 0 saturated carbocycles. The van der Waals surface area contributed by atoms with Crippen LogP contribution in [-0.2, 0) is 38.4 Å². The lowest BCUT2D eigenvalue weighted by Gasteiger charge is -2.24. The van der Waals surface area contributed by atoms with E-state index in [1.54, 1.807) is 66.7 Å². The number of carbonyl (C=O) groups is 11. The van der Waals surface area contributed by atoms with Gasteiger partial charge in [0.05, 0.1) is 22.4 Å². The van der Waals surface area contributed by atoms with E-state index in [2.05, 4.69) is 5.32 Å². The van der Waals surface area contributed by atoms with Crippen molar-refractivity contribution < 1.29 is 104 Å². The van der Waals surface area contributed by atoms with Gasteiger partial charge in [0.15, 0.2) is 0 Å². The Balaban J connectivity index is 0.000000343. The highest BCUT2D eigenvalue weighted by molar-refractivity contribution is 5.97. The smallest absolute Gasteiger partial charge is 0.337 e. The molecule has 0 aliphatic heterocycles. The molecule has 0 aromatic heterocycles. The molecule has 396 valence electrons. The molecule has 0 bridgehead atoms. The van der Waals surface area contributed by atoms with Gasteiger partial charge in [0, 0.05) is 35.4 Å². The van der Waals surface area contributed by atoms with Gasteiger partial charge in [0.1, 0.15) is 45.8 Å². The molecule has 5 aromatic carbocycles. The number of hydrogen-bond acceptors (Lipinski definition) is 15. The van der Waals surface area contributed by atoms with Crippen molar-refractivity contribution in [1.29, 1.82) is 0 Å². The third-order valence-electron chi connectivity index (χ3n) is 9.23. The van der Waals surface area contributed by atoms with Crippen molar-refractivity contribution in [3.8, 4) is 0 Å². The molecule has 11 N–H and O–H groups in total. The molecule has 26 nitrogen and oxygen atoms in total. The lowest BCUT2D eigenvalue weighted by Crippen LogP contribution is -2.34. The zero-order valence-electron chi connectivity index (χ0n) is 39.3. The number of carboxylic acid groups (broad SMARTS) is 10. The molecule has 0 unspecified atom stereocenters. The minimum atomic E-state index is -1.20. The molecule has 0 atom stereocenters. The predicted molar refractivity (Wildman–Crippen MR) is 264 cm³/mol. The summed E-state index contributed by atoms with van der Waals surface area (Å²) in [7, 11) is 0. The molecule has 5 aromatic rings. The molecule has 0 heterocycles. The van der Waals surface area contributed by atoms with Crippen LogP contribution in [0.3, 0.4) is 0 Å². The Morgan fingerprint density at radius 1 is 0.360 bits per heavy atom. The van der Waals surface area contributed by atoms with Crippen LogP contribution in [0.25, 0.3) is 0 Å². The van der Waals surface area contributed by atoms with Crippen molar-refractivity contribution in [3.63, 3.8) is 0 Å². The van der Waals surface area contributed by atoms with Gasteiger partial charge in [0.25, 0.3) is 0 Å². The molecule has 0 saturated heterocycles. The van der Waals surface area contributed by atoms with Crippen LogP contribution >= 0.6 is 0 Å². The second-order valence-corrected chi connectivity index (χ2v) is 15.0. The minimum absolute atomic E-state index is 0.0340. The molecule has 0 aliphatic rings. The highest BCUT2D eigenvalue weighted by Gasteiger charge is 2.20. The number of aromatic carboxylic acids is 3. The third-order valence-corrected chi connectivity index (χ3v) is 9.23. The van der Waals surface area contributed by atoms with E-state index in [1.165, 1.54) is 71.3 Å². The Kier molecular flexibility index (Phi) is 24.4. The lowest BCUT2D eigenvalue weighted by molar-refractivity contribution is -0.138. The van der Waals surface area contributed by atoms with E-state index in [-0.39, 0.29) is 34.8 Å². The second-order valence-electron chi connectivity index (χ2n) is 15.0. The first-order valence-corrected chi connectivity index (χ1v) is 21.2. The van der Waals surface area contributed by atoms with E-state index in [1.807, 2.05) is 6.07 Å². The van der Waals surface area contributed by atoms with Gasteiger partial charge in [-0.1, -0.05) is 36.4 Å². The van der Waals surface area contributed by atoms with E-state index in [0.717, 1.165) is 9.80 Å². The molecular weight excluding hydrogens is 995 g/mol. The second kappa shape index (κ2) is 30.3. The van der Waals surface area contributed by atoms with Gasteiger partial charge in [-0.15, -0.1) is 0 Å². The summed E-state index contributed by atoms with van der Waals surface area (Å²) in [5.74, 6) is -11.6. The fourth-order valence-corrected chi connectivity index (χ4v) is 6.25. The van der Waals surface area contributed by atoms with E-state index >= 15 is 0 Å². The number of nitrogens with one attached hydrogen (secondary N) is 1. The quantitative estimate of drug-likeness (QED) is 0.0441. The summed E-state index contributed by atoms with van der Waals surface area (Å²) in [4.78, 5) is 123. The van der Waals surface area contributed by atoms with Crippen LogP contribution in [0.15, 0.2) is 127 Å². The summed E-state index contributed by atoms with van der Waals surface area (Å²) in [5.41, 5.74) is 2.65. The molecule has 0 radical (unpaired) electrons. The Hall–Kier alpha value is -10.5. The van der Waals surface area contributed by atoms with Crippen molar-refractivity contribution in [3.05, 3.63) is 144 Å². The number of carbonyl (C=O) groups excluding carboxylic acids is 1. The van der Waals surface area contributed by atoms with Gasteiger partial charge in [-0.25, -0.2) is 14.4 Å². The van der Waals surface area contributed by atoms with Crippen LogP contribution in [0.1, 0.15) is 38.0 Å². The summed E-state index contributed by atoms with van der Waals surface area (Å²) in [6.45, 7) is -1.75.